The maximum Gasteiger partial charge on any atom is 0.256 e. The Morgan fingerprint density at radius 3 is 2.96 bits per heavy atom. The van der Waals surface area contributed by atoms with Crippen molar-refractivity contribution < 1.29 is 4.79 Å². The number of likely N-dealkylation sites (tertiary alicyclic amines) is 1. The standard InChI is InChI=1S/C20H20N4O/c25-20(18-11-21-14-22-12-18)24-8-2-3-16(13-24)9-15-5-6-19-17(10-15)4-1-7-23-19/h1,4-7,10-12,14,16H,2-3,8-9,13H2/t16-/m0/s1. The van der Waals surface area contributed by atoms with E-state index in [0.29, 0.717) is 11.5 Å². The lowest BCUT2D eigenvalue weighted by molar-refractivity contribution is 0.0672. The third-order valence-electron chi connectivity index (χ3n) is 4.81. The number of rotatable bonds is 3. The largest absolute Gasteiger partial charge is 0.338 e. The summed E-state index contributed by atoms with van der Waals surface area (Å²) in [5.41, 5.74) is 2.90. The minimum absolute atomic E-state index is 0.0352. The zero-order valence-corrected chi connectivity index (χ0v) is 14.0. The second kappa shape index (κ2) is 6.97. The minimum atomic E-state index is 0.0352. The fraction of sp³-hybridized carbons (Fsp3) is 0.300. The van der Waals surface area contributed by atoms with Crippen LogP contribution in [0.1, 0.15) is 28.8 Å². The van der Waals surface area contributed by atoms with Crippen LogP contribution < -0.4 is 0 Å². The highest BCUT2D eigenvalue weighted by atomic mass is 16.2. The van der Waals surface area contributed by atoms with Gasteiger partial charge in [-0.2, -0.15) is 0 Å². The van der Waals surface area contributed by atoms with Crippen molar-refractivity contribution in [3.8, 4) is 0 Å². The molecule has 1 amide bonds. The molecule has 1 aliphatic rings. The fourth-order valence-electron chi connectivity index (χ4n) is 3.59. The van der Waals surface area contributed by atoms with Crippen LogP contribution in [-0.4, -0.2) is 38.8 Å². The number of pyridine rings is 1. The number of piperidine rings is 1. The highest BCUT2D eigenvalue weighted by molar-refractivity contribution is 5.93. The molecule has 1 aromatic carbocycles. The van der Waals surface area contributed by atoms with Gasteiger partial charge in [0.05, 0.1) is 11.1 Å². The number of hydrogen-bond acceptors (Lipinski definition) is 4. The predicted octanol–water partition coefficient (Wildman–Crippen LogP) is 3.12. The van der Waals surface area contributed by atoms with Gasteiger partial charge in [-0.05, 0) is 48.9 Å². The lowest BCUT2D eigenvalue weighted by Gasteiger charge is -2.33. The van der Waals surface area contributed by atoms with E-state index in [0.717, 1.165) is 37.9 Å². The smallest absolute Gasteiger partial charge is 0.256 e. The third kappa shape index (κ3) is 3.50. The van der Waals surface area contributed by atoms with Crippen LogP contribution in [0.25, 0.3) is 10.9 Å². The SMILES string of the molecule is O=C(c1cncnc1)N1CCC[C@@H](Cc2ccc3ncccc3c2)C1. The van der Waals surface area contributed by atoms with Crippen LogP contribution in [0, 0.1) is 5.92 Å². The van der Waals surface area contributed by atoms with Crippen LogP contribution in [0.3, 0.4) is 0 Å². The molecule has 0 bridgehead atoms. The Hall–Kier alpha value is -2.82. The summed E-state index contributed by atoms with van der Waals surface area (Å²) in [6.45, 7) is 1.60. The second-order valence-corrected chi connectivity index (χ2v) is 6.62. The van der Waals surface area contributed by atoms with E-state index in [-0.39, 0.29) is 5.91 Å². The maximum absolute atomic E-state index is 12.6. The molecule has 4 rings (SSSR count). The van der Waals surface area contributed by atoms with Crippen molar-refractivity contribution in [1.29, 1.82) is 0 Å². The number of hydrogen-bond donors (Lipinski definition) is 0. The Morgan fingerprint density at radius 1 is 1.20 bits per heavy atom. The molecular formula is C20H20N4O. The summed E-state index contributed by atoms with van der Waals surface area (Å²) >= 11 is 0. The number of carbonyl (C=O) groups excluding carboxylic acids is 1. The van der Waals surface area contributed by atoms with Gasteiger partial charge in [-0.15, -0.1) is 0 Å². The molecule has 0 radical (unpaired) electrons. The van der Waals surface area contributed by atoms with Crippen molar-refractivity contribution in [2.45, 2.75) is 19.3 Å². The van der Waals surface area contributed by atoms with Gasteiger partial charge in [0, 0.05) is 37.1 Å². The van der Waals surface area contributed by atoms with Crippen molar-refractivity contribution in [3.05, 3.63) is 66.4 Å². The first kappa shape index (κ1) is 15.7. The molecule has 5 heteroatoms. The predicted molar refractivity (Wildman–Crippen MR) is 96.1 cm³/mol. The van der Waals surface area contributed by atoms with E-state index < -0.39 is 0 Å². The topological polar surface area (TPSA) is 59.0 Å². The van der Waals surface area contributed by atoms with Crippen LogP contribution in [0.2, 0.25) is 0 Å². The first-order valence-electron chi connectivity index (χ1n) is 8.67. The average Bonchev–Trinajstić information content (AvgIpc) is 2.68. The highest BCUT2D eigenvalue weighted by Gasteiger charge is 2.25. The van der Waals surface area contributed by atoms with Gasteiger partial charge >= 0.3 is 0 Å². The molecule has 1 fully saturated rings. The van der Waals surface area contributed by atoms with Gasteiger partial charge in [-0.1, -0.05) is 12.1 Å². The van der Waals surface area contributed by atoms with E-state index in [9.17, 15) is 4.79 Å². The Kier molecular flexibility index (Phi) is 4.37. The van der Waals surface area contributed by atoms with Gasteiger partial charge in [0.15, 0.2) is 0 Å². The van der Waals surface area contributed by atoms with E-state index in [4.69, 9.17) is 0 Å². The molecule has 0 N–H and O–H groups in total. The molecule has 3 heterocycles. The first-order chi connectivity index (χ1) is 12.3. The van der Waals surface area contributed by atoms with Gasteiger partial charge in [-0.3, -0.25) is 9.78 Å². The molecule has 1 aliphatic heterocycles. The summed E-state index contributed by atoms with van der Waals surface area (Å²) in [5.74, 6) is 0.518. The molecule has 5 nitrogen and oxygen atoms in total. The number of amides is 1. The van der Waals surface area contributed by atoms with Crippen LogP contribution >= 0.6 is 0 Å². The van der Waals surface area contributed by atoms with Crippen molar-refractivity contribution in [3.63, 3.8) is 0 Å². The van der Waals surface area contributed by atoms with Gasteiger partial charge < -0.3 is 4.90 Å². The summed E-state index contributed by atoms with van der Waals surface area (Å²) in [6.07, 6.45) is 9.63. The van der Waals surface area contributed by atoms with Crippen molar-refractivity contribution in [2.24, 2.45) is 5.92 Å². The van der Waals surface area contributed by atoms with Gasteiger partial charge in [0.2, 0.25) is 0 Å². The lowest BCUT2D eigenvalue weighted by atomic mass is 9.90. The molecule has 1 saturated heterocycles. The number of nitrogens with zero attached hydrogens (tertiary/aromatic N) is 4. The zero-order chi connectivity index (χ0) is 17.1. The normalized spacial score (nSPS) is 17.6. The summed E-state index contributed by atoms with van der Waals surface area (Å²) < 4.78 is 0. The van der Waals surface area contributed by atoms with Gasteiger partial charge in [0.1, 0.15) is 6.33 Å². The van der Waals surface area contributed by atoms with Gasteiger partial charge in [-0.25, -0.2) is 9.97 Å². The molecule has 0 spiro atoms. The van der Waals surface area contributed by atoms with E-state index in [1.54, 1.807) is 12.4 Å². The summed E-state index contributed by atoms with van der Waals surface area (Å²) in [7, 11) is 0. The molecule has 0 aliphatic carbocycles. The molecule has 1 atom stereocenters. The first-order valence-corrected chi connectivity index (χ1v) is 8.67. The van der Waals surface area contributed by atoms with Crippen LogP contribution in [-0.2, 0) is 6.42 Å². The molecular weight excluding hydrogens is 312 g/mol. The number of aromatic nitrogens is 3. The van der Waals surface area contributed by atoms with E-state index in [2.05, 4.69) is 39.2 Å². The zero-order valence-electron chi connectivity index (χ0n) is 14.0. The lowest BCUT2D eigenvalue weighted by Crippen LogP contribution is -2.40. The van der Waals surface area contributed by atoms with E-state index >= 15 is 0 Å². The fourth-order valence-corrected chi connectivity index (χ4v) is 3.59. The van der Waals surface area contributed by atoms with Crippen LogP contribution in [0.5, 0.6) is 0 Å². The third-order valence-corrected chi connectivity index (χ3v) is 4.81. The molecule has 126 valence electrons. The molecule has 25 heavy (non-hydrogen) atoms. The maximum atomic E-state index is 12.6. The Balaban J connectivity index is 1.46. The highest BCUT2D eigenvalue weighted by Crippen LogP contribution is 2.23. The van der Waals surface area contributed by atoms with E-state index in [1.807, 2.05) is 17.2 Å². The summed E-state index contributed by atoms with van der Waals surface area (Å²) in [4.78, 5) is 26.8. The Labute approximate surface area is 146 Å². The Bertz CT molecular complexity index is 881. The average molecular weight is 332 g/mol. The van der Waals surface area contributed by atoms with Crippen LogP contribution in [0.4, 0.5) is 0 Å². The second-order valence-electron chi connectivity index (χ2n) is 6.62. The molecule has 2 aromatic heterocycles. The van der Waals surface area contributed by atoms with Crippen LogP contribution in [0.15, 0.2) is 55.2 Å². The monoisotopic (exact) mass is 332 g/mol. The van der Waals surface area contributed by atoms with Gasteiger partial charge in [0.25, 0.3) is 5.91 Å². The summed E-state index contributed by atoms with van der Waals surface area (Å²) in [6, 6.07) is 10.5. The number of carbonyl (C=O) groups is 1. The van der Waals surface area contributed by atoms with Crippen molar-refractivity contribution >= 4 is 16.8 Å². The Morgan fingerprint density at radius 2 is 2.08 bits per heavy atom. The number of benzene rings is 1. The van der Waals surface area contributed by atoms with E-state index in [1.165, 1.54) is 17.3 Å². The van der Waals surface area contributed by atoms with Crippen molar-refractivity contribution in [2.75, 3.05) is 13.1 Å². The summed E-state index contributed by atoms with van der Waals surface area (Å²) in [5, 5.41) is 1.17. The minimum Gasteiger partial charge on any atom is -0.338 e. The molecule has 3 aromatic rings. The molecule has 0 saturated carbocycles. The molecule has 0 unspecified atom stereocenters. The number of fused-ring (bicyclic) bond motifs is 1. The quantitative estimate of drug-likeness (QED) is 0.739. The van der Waals surface area contributed by atoms with Crippen molar-refractivity contribution in [1.82, 2.24) is 19.9 Å².